The molecular formula is C13H21ClFN3. The molecule has 0 saturated heterocycles. The molecule has 0 saturated carbocycles. The third-order valence-electron chi connectivity index (χ3n) is 2.83. The van der Waals surface area contributed by atoms with Gasteiger partial charge in [0, 0.05) is 37.7 Å². The van der Waals surface area contributed by atoms with Gasteiger partial charge in [-0.25, -0.2) is 4.39 Å². The van der Waals surface area contributed by atoms with Gasteiger partial charge in [-0.2, -0.15) is 0 Å². The quantitative estimate of drug-likeness (QED) is 0.711. The molecule has 0 aromatic heterocycles. The van der Waals surface area contributed by atoms with Gasteiger partial charge in [0.25, 0.3) is 0 Å². The molecule has 0 bridgehead atoms. The number of hydrogen-bond acceptors (Lipinski definition) is 3. The minimum Gasteiger partial charge on any atom is -0.329 e. The maximum absolute atomic E-state index is 12.8. The van der Waals surface area contributed by atoms with Crippen LogP contribution in [-0.2, 0) is 6.54 Å². The topological polar surface area (TPSA) is 41.3 Å². The summed E-state index contributed by atoms with van der Waals surface area (Å²) in [5.41, 5.74) is 6.44. The van der Waals surface area contributed by atoms with Crippen molar-refractivity contribution in [3.05, 3.63) is 34.6 Å². The van der Waals surface area contributed by atoms with Crippen molar-refractivity contribution in [1.29, 1.82) is 0 Å². The van der Waals surface area contributed by atoms with Crippen LogP contribution >= 0.6 is 11.6 Å². The number of nitrogens with two attached hydrogens (primary N) is 1. The first-order valence-electron chi connectivity index (χ1n) is 6.24. The van der Waals surface area contributed by atoms with Gasteiger partial charge in [-0.1, -0.05) is 24.6 Å². The van der Waals surface area contributed by atoms with Crippen LogP contribution in [0.3, 0.4) is 0 Å². The molecule has 0 heterocycles. The molecule has 0 fully saturated rings. The highest BCUT2D eigenvalue weighted by molar-refractivity contribution is 6.31. The van der Waals surface area contributed by atoms with E-state index >= 15 is 0 Å². The molecule has 1 aromatic rings. The summed E-state index contributed by atoms with van der Waals surface area (Å²) in [6.07, 6.45) is 0. The Bertz CT molecular complexity index is 360. The minimum atomic E-state index is -0.302. The van der Waals surface area contributed by atoms with E-state index in [0.29, 0.717) is 18.1 Å². The SMILES string of the molecule is CCN(CCN)CCNCc1ccc(F)cc1Cl. The number of likely N-dealkylation sites (N-methyl/N-ethyl adjacent to an activating group) is 1. The number of hydrogen-bond donors (Lipinski definition) is 2. The monoisotopic (exact) mass is 273 g/mol. The first-order valence-corrected chi connectivity index (χ1v) is 6.62. The lowest BCUT2D eigenvalue weighted by atomic mass is 10.2. The van der Waals surface area contributed by atoms with Crippen molar-refractivity contribution in [2.24, 2.45) is 5.73 Å². The maximum atomic E-state index is 12.8. The van der Waals surface area contributed by atoms with Crippen LogP contribution in [0.25, 0.3) is 0 Å². The molecule has 0 aliphatic heterocycles. The van der Waals surface area contributed by atoms with E-state index in [4.69, 9.17) is 17.3 Å². The van der Waals surface area contributed by atoms with Crippen LogP contribution in [0.2, 0.25) is 5.02 Å². The second kappa shape index (κ2) is 8.43. The second-order valence-corrected chi connectivity index (χ2v) is 4.54. The van der Waals surface area contributed by atoms with Gasteiger partial charge in [-0.15, -0.1) is 0 Å². The fourth-order valence-corrected chi connectivity index (χ4v) is 1.97. The molecule has 0 aliphatic rings. The Balaban J connectivity index is 2.29. The largest absolute Gasteiger partial charge is 0.329 e. The molecule has 102 valence electrons. The summed E-state index contributed by atoms with van der Waals surface area (Å²) in [5, 5.41) is 3.77. The van der Waals surface area contributed by atoms with Crippen LogP contribution in [0.4, 0.5) is 4.39 Å². The lowest BCUT2D eigenvalue weighted by molar-refractivity contribution is 0.295. The molecule has 0 unspecified atom stereocenters. The van der Waals surface area contributed by atoms with Gasteiger partial charge in [0.05, 0.1) is 0 Å². The van der Waals surface area contributed by atoms with E-state index in [1.165, 1.54) is 12.1 Å². The lowest BCUT2D eigenvalue weighted by Crippen LogP contribution is -2.35. The van der Waals surface area contributed by atoms with E-state index in [-0.39, 0.29) is 5.82 Å². The predicted molar refractivity (Wildman–Crippen MR) is 74.3 cm³/mol. The van der Waals surface area contributed by atoms with Crippen molar-refractivity contribution in [2.45, 2.75) is 13.5 Å². The first-order chi connectivity index (χ1) is 8.67. The number of rotatable bonds is 8. The summed E-state index contributed by atoms with van der Waals surface area (Å²) in [6.45, 7) is 7.17. The zero-order chi connectivity index (χ0) is 13.4. The Morgan fingerprint density at radius 3 is 2.78 bits per heavy atom. The average Bonchev–Trinajstić information content (AvgIpc) is 2.35. The van der Waals surface area contributed by atoms with Crippen molar-refractivity contribution < 1.29 is 4.39 Å². The Kier molecular flexibility index (Phi) is 7.20. The molecule has 0 aliphatic carbocycles. The van der Waals surface area contributed by atoms with E-state index in [9.17, 15) is 4.39 Å². The smallest absolute Gasteiger partial charge is 0.124 e. The highest BCUT2D eigenvalue weighted by Gasteiger charge is 2.03. The summed E-state index contributed by atoms with van der Waals surface area (Å²) >= 11 is 5.94. The fourth-order valence-electron chi connectivity index (χ4n) is 1.74. The number of halogens is 2. The Labute approximate surface area is 113 Å². The van der Waals surface area contributed by atoms with Gasteiger partial charge >= 0.3 is 0 Å². The van der Waals surface area contributed by atoms with Gasteiger partial charge < -0.3 is 16.0 Å². The fraction of sp³-hybridized carbons (Fsp3) is 0.538. The summed E-state index contributed by atoms with van der Waals surface area (Å²) < 4.78 is 12.8. The molecule has 1 rings (SSSR count). The first kappa shape index (κ1) is 15.4. The van der Waals surface area contributed by atoms with E-state index < -0.39 is 0 Å². The van der Waals surface area contributed by atoms with Crippen LogP contribution in [0.5, 0.6) is 0 Å². The number of nitrogens with one attached hydrogen (secondary N) is 1. The van der Waals surface area contributed by atoms with Gasteiger partial charge in [0.2, 0.25) is 0 Å². The van der Waals surface area contributed by atoms with Gasteiger partial charge in [0.1, 0.15) is 5.82 Å². The Hall–Kier alpha value is -0.680. The maximum Gasteiger partial charge on any atom is 0.124 e. The number of nitrogens with zero attached hydrogens (tertiary/aromatic N) is 1. The van der Waals surface area contributed by atoms with Crippen molar-refractivity contribution in [3.63, 3.8) is 0 Å². The zero-order valence-corrected chi connectivity index (χ0v) is 11.5. The van der Waals surface area contributed by atoms with Crippen LogP contribution in [0.15, 0.2) is 18.2 Å². The summed E-state index contributed by atoms with van der Waals surface area (Å²) in [4.78, 5) is 2.28. The average molecular weight is 274 g/mol. The van der Waals surface area contributed by atoms with Gasteiger partial charge in [0.15, 0.2) is 0 Å². The van der Waals surface area contributed by atoms with Gasteiger partial charge in [-0.3, -0.25) is 0 Å². The van der Waals surface area contributed by atoms with Crippen LogP contribution < -0.4 is 11.1 Å². The third-order valence-corrected chi connectivity index (χ3v) is 3.18. The molecule has 3 N–H and O–H groups in total. The van der Waals surface area contributed by atoms with E-state index in [1.807, 2.05) is 0 Å². The molecule has 0 amide bonds. The molecular weight excluding hydrogens is 253 g/mol. The van der Waals surface area contributed by atoms with Crippen molar-refractivity contribution in [2.75, 3.05) is 32.7 Å². The van der Waals surface area contributed by atoms with Crippen molar-refractivity contribution in [3.8, 4) is 0 Å². The highest BCUT2D eigenvalue weighted by atomic mass is 35.5. The normalized spacial score (nSPS) is 11.2. The van der Waals surface area contributed by atoms with Crippen LogP contribution in [-0.4, -0.2) is 37.6 Å². The van der Waals surface area contributed by atoms with Gasteiger partial charge in [-0.05, 0) is 24.2 Å². The summed E-state index contributed by atoms with van der Waals surface area (Å²) in [5.74, 6) is -0.302. The molecule has 0 radical (unpaired) electrons. The summed E-state index contributed by atoms with van der Waals surface area (Å²) in [7, 11) is 0. The van der Waals surface area contributed by atoms with Crippen LogP contribution in [0.1, 0.15) is 12.5 Å². The number of benzene rings is 1. The van der Waals surface area contributed by atoms with Crippen LogP contribution in [0, 0.1) is 5.82 Å². The molecule has 3 nitrogen and oxygen atoms in total. The molecule has 1 aromatic carbocycles. The standard InChI is InChI=1S/C13H21ClFN3/c1-2-18(7-5-16)8-6-17-10-11-3-4-12(15)9-13(11)14/h3-4,9,17H,2,5-8,10,16H2,1H3. The highest BCUT2D eigenvalue weighted by Crippen LogP contribution is 2.16. The molecule has 18 heavy (non-hydrogen) atoms. The Morgan fingerprint density at radius 1 is 1.39 bits per heavy atom. The Morgan fingerprint density at radius 2 is 2.17 bits per heavy atom. The molecule has 0 spiro atoms. The predicted octanol–water partition coefficient (Wildman–Crippen LogP) is 1.85. The van der Waals surface area contributed by atoms with Crippen molar-refractivity contribution >= 4 is 11.6 Å². The second-order valence-electron chi connectivity index (χ2n) is 4.14. The third kappa shape index (κ3) is 5.31. The minimum absolute atomic E-state index is 0.302. The summed E-state index contributed by atoms with van der Waals surface area (Å²) in [6, 6.07) is 4.48. The zero-order valence-electron chi connectivity index (χ0n) is 10.8. The van der Waals surface area contributed by atoms with E-state index in [0.717, 1.165) is 31.7 Å². The molecule has 0 atom stereocenters. The lowest BCUT2D eigenvalue weighted by Gasteiger charge is -2.19. The van der Waals surface area contributed by atoms with E-state index in [2.05, 4.69) is 17.1 Å². The molecule has 5 heteroatoms. The van der Waals surface area contributed by atoms with Crippen molar-refractivity contribution in [1.82, 2.24) is 10.2 Å². The van der Waals surface area contributed by atoms with E-state index in [1.54, 1.807) is 6.07 Å².